The SMILES string of the molecule is COc1ccc(C)cc1S(=O)(=O)NCC(C)c1ncc(C)s1. The highest BCUT2D eigenvalue weighted by atomic mass is 32.2. The van der Waals surface area contributed by atoms with Gasteiger partial charge >= 0.3 is 0 Å². The van der Waals surface area contributed by atoms with Crippen molar-refractivity contribution in [3.63, 3.8) is 0 Å². The van der Waals surface area contributed by atoms with Gasteiger partial charge in [-0.05, 0) is 31.5 Å². The lowest BCUT2D eigenvalue weighted by molar-refractivity contribution is 0.402. The predicted molar refractivity (Wildman–Crippen MR) is 88.2 cm³/mol. The second-order valence-corrected chi connectivity index (χ2v) is 8.22. The molecule has 22 heavy (non-hydrogen) atoms. The fourth-order valence-corrected chi connectivity index (χ4v) is 4.20. The van der Waals surface area contributed by atoms with Crippen LogP contribution in [0.3, 0.4) is 0 Å². The van der Waals surface area contributed by atoms with E-state index in [0.717, 1.165) is 15.4 Å². The Morgan fingerprint density at radius 1 is 1.36 bits per heavy atom. The third kappa shape index (κ3) is 3.85. The minimum atomic E-state index is -3.62. The summed E-state index contributed by atoms with van der Waals surface area (Å²) in [6, 6.07) is 5.09. The highest BCUT2D eigenvalue weighted by Crippen LogP contribution is 2.25. The van der Waals surface area contributed by atoms with E-state index in [0.29, 0.717) is 12.3 Å². The number of nitrogens with zero attached hydrogens (tertiary/aromatic N) is 1. The van der Waals surface area contributed by atoms with Crippen LogP contribution in [-0.4, -0.2) is 27.1 Å². The van der Waals surface area contributed by atoms with Crippen molar-refractivity contribution in [1.82, 2.24) is 9.71 Å². The highest BCUT2D eigenvalue weighted by molar-refractivity contribution is 7.89. The smallest absolute Gasteiger partial charge is 0.244 e. The first-order valence-electron chi connectivity index (χ1n) is 6.90. The van der Waals surface area contributed by atoms with E-state index in [-0.39, 0.29) is 10.8 Å². The number of hydrogen-bond acceptors (Lipinski definition) is 5. The second kappa shape index (κ2) is 6.76. The van der Waals surface area contributed by atoms with Gasteiger partial charge in [-0.25, -0.2) is 18.1 Å². The van der Waals surface area contributed by atoms with Crippen LogP contribution in [0.1, 0.15) is 28.3 Å². The van der Waals surface area contributed by atoms with E-state index in [2.05, 4.69) is 9.71 Å². The van der Waals surface area contributed by atoms with Crippen molar-refractivity contribution < 1.29 is 13.2 Å². The Balaban J connectivity index is 2.16. The minimum Gasteiger partial charge on any atom is -0.495 e. The van der Waals surface area contributed by atoms with Gasteiger partial charge in [0.2, 0.25) is 10.0 Å². The summed E-state index contributed by atoms with van der Waals surface area (Å²) in [4.78, 5) is 5.58. The number of hydrogen-bond donors (Lipinski definition) is 1. The molecule has 0 aliphatic heterocycles. The second-order valence-electron chi connectivity index (χ2n) is 5.22. The molecule has 120 valence electrons. The topological polar surface area (TPSA) is 68.3 Å². The number of benzene rings is 1. The molecule has 0 spiro atoms. The van der Waals surface area contributed by atoms with E-state index >= 15 is 0 Å². The summed E-state index contributed by atoms with van der Waals surface area (Å²) in [5, 5.41) is 0.927. The van der Waals surface area contributed by atoms with Gasteiger partial charge in [0, 0.05) is 23.5 Å². The zero-order chi connectivity index (χ0) is 16.3. The molecule has 7 heteroatoms. The summed E-state index contributed by atoms with van der Waals surface area (Å²) in [6.07, 6.45) is 1.80. The Hall–Kier alpha value is -1.44. The van der Waals surface area contributed by atoms with Gasteiger partial charge < -0.3 is 4.74 Å². The van der Waals surface area contributed by atoms with Crippen molar-refractivity contribution in [3.8, 4) is 5.75 Å². The Morgan fingerprint density at radius 3 is 2.68 bits per heavy atom. The maximum atomic E-state index is 12.5. The van der Waals surface area contributed by atoms with Crippen molar-refractivity contribution in [2.24, 2.45) is 0 Å². The molecule has 1 aromatic heterocycles. The molecule has 1 unspecified atom stereocenters. The Morgan fingerprint density at radius 2 is 2.09 bits per heavy atom. The maximum absolute atomic E-state index is 12.5. The fourth-order valence-electron chi connectivity index (χ4n) is 1.99. The molecule has 0 bridgehead atoms. The van der Waals surface area contributed by atoms with Crippen LogP contribution in [0.5, 0.6) is 5.75 Å². The first-order chi connectivity index (χ1) is 10.3. The van der Waals surface area contributed by atoms with E-state index in [1.807, 2.05) is 26.8 Å². The molecule has 1 atom stereocenters. The normalized spacial score (nSPS) is 13.1. The van der Waals surface area contributed by atoms with Crippen LogP contribution in [0.4, 0.5) is 0 Å². The largest absolute Gasteiger partial charge is 0.495 e. The summed E-state index contributed by atoms with van der Waals surface area (Å²) in [6.45, 7) is 6.08. The van der Waals surface area contributed by atoms with E-state index in [9.17, 15) is 8.42 Å². The molecular weight excluding hydrogens is 320 g/mol. The third-order valence-corrected chi connectivity index (χ3v) is 5.84. The van der Waals surface area contributed by atoms with Gasteiger partial charge in [0.15, 0.2) is 0 Å². The summed E-state index contributed by atoms with van der Waals surface area (Å²) >= 11 is 1.58. The lowest BCUT2D eigenvalue weighted by Gasteiger charge is -2.13. The number of methoxy groups -OCH3 is 1. The van der Waals surface area contributed by atoms with Crippen LogP contribution in [0, 0.1) is 13.8 Å². The quantitative estimate of drug-likeness (QED) is 0.878. The molecule has 1 aromatic carbocycles. The van der Waals surface area contributed by atoms with Gasteiger partial charge in [0.25, 0.3) is 0 Å². The minimum absolute atomic E-state index is 0.0179. The Labute approximate surface area is 135 Å². The molecule has 2 rings (SSSR count). The number of nitrogens with one attached hydrogen (secondary N) is 1. The number of aryl methyl sites for hydroxylation is 2. The molecule has 0 saturated heterocycles. The molecule has 0 fully saturated rings. The summed E-state index contributed by atoms with van der Waals surface area (Å²) < 4.78 is 32.8. The van der Waals surface area contributed by atoms with E-state index in [4.69, 9.17) is 4.74 Å². The van der Waals surface area contributed by atoms with Crippen LogP contribution >= 0.6 is 11.3 Å². The van der Waals surface area contributed by atoms with Gasteiger partial charge in [0.05, 0.1) is 12.1 Å². The molecule has 0 amide bonds. The van der Waals surface area contributed by atoms with Crippen LogP contribution in [0.25, 0.3) is 0 Å². The molecular formula is C15H20N2O3S2. The summed E-state index contributed by atoms with van der Waals surface area (Å²) in [5.74, 6) is 0.361. The van der Waals surface area contributed by atoms with Crippen LogP contribution in [-0.2, 0) is 10.0 Å². The predicted octanol–water partition coefficient (Wildman–Crippen LogP) is 2.85. The first-order valence-corrected chi connectivity index (χ1v) is 9.20. The van der Waals surface area contributed by atoms with Gasteiger partial charge in [-0.2, -0.15) is 0 Å². The lowest BCUT2D eigenvalue weighted by atomic mass is 10.2. The standard InChI is InChI=1S/C15H20N2O3S2/c1-10-5-6-13(20-4)14(7-10)22(18,19)17-8-11(2)15-16-9-12(3)21-15/h5-7,9,11,17H,8H2,1-4H3. The van der Waals surface area contributed by atoms with Crippen molar-refractivity contribution in [3.05, 3.63) is 39.8 Å². The van der Waals surface area contributed by atoms with Crippen molar-refractivity contribution >= 4 is 21.4 Å². The van der Waals surface area contributed by atoms with Crippen molar-refractivity contribution in [2.75, 3.05) is 13.7 Å². The van der Waals surface area contributed by atoms with Gasteiger partial charge in [-0.15, -0.1) is 11.3 Å². The molecule has 1 heterocycles. The van der Waals surface area contributed by atoms with E-state index in [1.165, 1.54) is 7.11 Å². The number of thiazole rings is 1. The number of rotatable bonds is 6. The van der Waals surface area contributed by atoms with Gasteiger partial charge in [-0.3, -0.25) is 0 Å². The summed E-state index contributed by atoms with van der Waals surface area (Å²) in [7, 11) is -2.16. The lowest BCUT2D eigenvalue weighted by Crippen LogP contribution is -2.28. The van der Waals surface area contributed by atoms with Crippen LogP contribution in [0.15, 0.2) is 29.3 Å². The van der Waals surface area contributed by atoms with Gasteiger partial charge in [0.1, 0.15) is 10.6 Å². The number of sulfonamides is 1. The zero-order valence-electron chi connectivity index (χ0n) is 13.1. The molecule has 2 aromatic rings. The molecule has 0 aliphatic carbocycles. The average Bonchev–Trinajstić information content (AvgIpc) is 2.91. The monoisotopic (exact) mass is 340 g/mol. The van der Waals surface area contributed by atoms with Crippen LogP contribution in [0.2, 0.25) is 0 Å². The third-order valence-electron chi connectivity index (χ3n) is 3.25. The highest BCUT2D eigenvalue weighted by Gasteiger charge is 2.21. The maximum Gasteiger partial charge on any atom is 0.244 e. The molecule has 1 N–H and O–H groups in total. The van der Waals surface area contributed by atoms with Gasteiger partial charge in [-0.1, -0.05) is 13.0 Å². The Kier molecular flexibility index (Phi) is 5.20. The Bertz CT molecular complexity index is 754. The van der Waals surface area contributed by atoms with E-state index < -0.39 is 10.0 Å². The number of aromatic nitrogens is 1. The summed E-state index contributed by atoms with van der Waals surface area (Å²) in [5.41, 5.74) is 0.866. The first kappa shape index (κ1) is 16.9. The molecule has 0 aliphatic rings. The average molecular weight is 340 g/mol. The number of ether oxygens (including phenoxy) is 1. The van der Waals surface area contributed by atoms with Crippen molar-refractivity contribution in [2.45, 2.75) is 31.6 Å². The zero-order valence-corrected chi connectivity index (χ0v) is 14.7. The van der Waals surface area contributed by atoms with Crippen LogP contribution < -0.4 is 9.46 Å². The van der Waals surface area contributed by atoms with E-state index in [1.54, 1.807) is 29.7 Å². The van der Waals surface area contributed by atoms with Crippen molar-refractivity contribution in [1.29, 1.82) is 0 Å². The molecule has 0 saturated carbocycles. The molecule has 5 nitrogen and oxygen atoms in total. The molecule has 0 radical (unpaired) electrons. The fraction of sp³-hybridized carbons (Fsp3) is 0.400.